The van der Waals surface area contributed by atoms with Crippen molar-refractivity contribution in [2.24, 2.45) is 4.99 Å². The Bertz CT molecular complexity index is 825. The fourth-order valence-corrected chi connectivity index (χ4v) is 4.32. The molecule has 0 saturated carbocycles. The number of aromatic nitrogens is 1. The summed E-state index contributed by atoms with van der Waals surface area (Å²) < 4.78 is 25.8. The van der Waals surface area contributed by atoms with Crippen LogP contribution in [-0.4, -0.2) is 62.6 Å². The highest BCUT2D eigenvalue weighted by Crippen LogP contribution is 2.17. The molecule has 0 aliphatic rings. The minimum Gasteiger partial charge on any atom is -0.361 e. The van der Waals surface area contributed by atoms with Crippen LogP contribution in [-0.2, 0) is 16.4 Å². The molecule has 3 N–H and O–H groups in total. The van der Waals surface area contributed by atoms with E-state index in [1.807, 2.05) is 32.2 Å². The van der Waals surface area contributed by atoms with Gasteiger partial charge in [0.1, 0.15) is 0 Å². The maximum absolute atomic E-state index is 12.2. The molecular formula is C18H29N5O2S. The van der Waals surface area contributed by atoms with Crippen LogP contribution >= 0.6 is 0 Å². The molecule has 0 spiro atoms. The summed E-state index contributed by atoms with van der Waals surface area (Å²) in [7, 11) is -1.54. The third-order valence-corrected chi connectivity index (χ3v) is 6.36. The molecule has 2 aromatic rings. The number of sulfonamides is 1. The molecule has 1 aromatic heterocycles. The van der Waals surface area contributed by atoms with Crippen molar-refractivity contribution in [1.29, 1.82) is 0 Å². The monoisotopic (exact) mass is 379 g/mol. The van der Waals surface area contributed by atoms with Crippen molar-refractivity contribution < 1.29 is 8.42 Å². The SMILES string of the molecule is CCN(CC)S(=O)(=O)CCNC(=NC)NCCc1c[nH]c2ccccc12. The molecule has 8 heteroatoms. The molecule has 0 radical (unpaired) electrons. The Morgan fingerprint density at radius 2 is 1.85 bits per heavy atom. The molecule has 7 nitrogen and oxygen atoms in total. The molecule has 1 aromatic carbocycles. The number of nitrogens with zero attached hydrogens (tertiary/aromatic N) is 2. The molecular weight excluding hydrogens is 350 g/mol. The number of para-hydroxylation sites is 1. The van der Waals surface area contributed by atoms with Crippen molar-refractivity contribution in [1.82, 2.24) is 19.9 Å². The van der Waals surface area contributed by atoms with Gasteiger partial charge in [0.25, 0.3) is 0 Å². The zero-order valence-electron chi connectivity index (χ0n) is 15.7. The van der Waals surface area contributed by atoms with Crippen molar-refractivity contribution in [3.05, 3.63) is 36.0 Å². The number of H-pyrrole nitrogens is 1. The van der Waals surface area contributed by atoms with Crippen molar-refractivity contribution >= 4 is 26.9 Å². The molecule has 0 atom stereocenters. The minimum atomic E-state index is -3.22. The van der Waals surface area contributed by atoms with Gasteiger partial charge in [-0.25, -0.2) is 12.7 Å². The summed E-state index contributed by atoms with van der Waals surface area (Å²) in [5, 5.41) is 7.53. The first-order valence-corrected chi connectivity index (χ1v) is 10.6. The fourth-order valence-electron chi connectivity index (χ4n) is 2.92. The van der Waals surface area contributed by atoms with E-state index >= 15 is 0 Å². The Balaban J connectivity index is 1.79. The van der Waals surface area contributed by atoms with E-state index in [0.29, 0.717) is 32.1 Å². The number of hydrogen-bond donors (Lipinski definition) is 3. The van der Waals surface area contributed by atoms with Gasteiger partial charge >= 0.3 is 0 Å². The highest BCUT2D eigenvalue weighted by atomic mass is 32.2. The topological polar surface area (TPSA) is 89.6 Å². The number of hydrogen-bond acceptors (Lipinski definition) is 3. The summed E-state index contributed by atoms with van der Waals surface area (Å²) in [6, 6.07) is 8.21. The molecule has 0 fully saturated rings. The average molecular weight is 380 g/mol. The molecule has 0 saturated heterocycles. The second-order valence-corrected chi connectivity index (χ2v) is 8.02. The third kappa shape index (κ3) is 5.22. The Kier molecular flexibility index (Phi) is 7.47. The second kappa shape index (κ2) is 9.59. The number of aromatic amines is 1. The van der Waals surface area contributed by atoms with Gasteiger partial charge in [0.05, 0.1) is 5.75 Å². The van der Waals surface area contributed by atoms with Crippen LogP contribution in [0.2, 0.25) is 0 Å². The number of guanidine groups is 1. The van der Waals surface area contributed by atoms with E-state index in [2.05, 4.69) is 32.7 Å². The lowest BCUT2D eigenvalue weighted by Gasteiger charge is -2.19. The van der Waals surface area contributed by atoms with E-state index in [4.69, 9.17) is 0 Å². The molecule has 2 rings (SSSR count). The first-order chi connectivity index (χ1) is 12.5. The molecule has 0 bridgehead atoms. The van der Waals surface area contributed by atoms with Crippen LogP contribution in [0.25, 0.3) is 10.9 Å². The third-order valence-electron chi connectivity index (χ3n) is 4.34. The second-order valence-electron chi connectivity index (χ2n) is 5.94. The standard InChI is InChI=1S/C18H29N5O2S/c1-4-23(5-2)26(24,25)13-12-21-18(19-3)20-11-10-15-14-22-17-9-7-6-8-16(15)17/h6-9,14,22H,4-5,10-13H2,1-3H3,(H2,19,20,21). The van der Waals surface area contributed by atoms with Gasteiger partial charge in [0, 0.05) is 50.3 Å². The Labute approximate surface area is 155 Å². The van der Waals surface area contributed by atoms with Gasteiger partial charge in [0.15, 0.2) is 5.96 Å². The molecule has 1 heterocycles. The van der Waals surface area contributed by atoms with Crippen LogP contribution in [0.5, 0.6) is 0 Å². The van der Waals surface area contributed by atoms with Gasteiger partial charge in [-0.2, -0.15) is 0 Å². The van der Waals surface area contributed by atoms with Crippen molar-refractivity contribution in [3.8, 4) is 0 Å². The van der Waals surface area contributed by atoms with Crippen LogP contribution in [0.3, 0.4) is 0 Å². The molecule has 26 heavy (non-hydrogen) atoms. The summed E-state index contributed by atoms with van der Waals surface area (Å²) >= 11 is 0. The molecule has 0 amide bonds. The maximum atomic E-state index is 12.2. The summed E-state index contributed by atoms with van der Waals surface area (Å²) in [6.07, 6.45) is 2.88. The first-order valence-electron chi connectivity index (χ1n) is 8.99. The van der Waals surface area contributed by atoms with Crippen molar-refractivity contribution in [2.75, 3.05) is 39.0 Å². The van der Waals surface area contributed by atoms with Gasteiger partial charge in [-0.1, -0.05) is 32.0 Å². The number of benzene rings is 1. The fraction of sp³-hybridized carbons (Fsp3) is 0.500. The Hall–Kier alpha value is -2.06. The number of nitrogens with one attached hydrogen (secondary N) is 3. The van der Waals surface area contributed by atoms with Crippen molar-refractivity contribution in [3.63, 3.8) is 0 Å². The van der Waals surface area contributed by atoms with E-state index in [1.54, 1.807) is 7.05 Å². The summed E-state index contributed by atoms with van der Waals surface area (Å²) in [5.74, 6) is 0.664. The lowest BCUT2D eigenvalue weighted by atomic mass is 10.1. The summed E-state index contributed by atoms with van der Waals surface area (Å²) in [6.45, 7) is 5.72. The maximum Gasteiger partial charge on any atom is 0.215 e. The van der Waals surface area contributed by atoms with Crippen LogP contribution < -0.4 is 10.6 Å². The van der Waals surface area contributed by atoms with E-state index in [1.165, 1.54) is 15.3 Å². The average Bonchev–Trinajstić information content (AvgIpc) is 3.04. The van der Waals surface area contributed by atoms with E-state index in [-0.39, 0.29) is 5.75 Å². The highest BCUT2D eigenvalue weighted by Gasteiger charge is 2.18. The summed E-state index contributed by atoms with van der Waals surface area (Å²) in [5.41, 5.74) is 2.37. The van der Waals surface area contributed by atoms with Crippen LogP contribution in [0.1, 0.15) is 19.4 Å². The quantitative estimate of drug-likeness (QED) is 0.455. The van der Waals surface area contributed by atoms with Gasteiger partial charge in [-0.05, 0) is 18.1 Å². The van der Waals surface area contributed by atoms with Crippen LogP contribution in [0.4, 0.5) is 0 Å². The normalized spacial score (nSPS) is 12.7. The number of rotatable bonds is 9. The van der Waals surface area contributed by atoms with Gasteiger partial charge in [0.2, 0.25) is 10.0 Å². The van der Waals surface area contributed by atoms with Crippen LogP contribution in [0, 0.1) is 0 Å². The Morgan fingerprint density at radius 3 is 2.54 bits per heavy atom. The predicted molar refractivity (Wildman–Crippen MR) is 108 cm³/mol. The Morgan fingerprint density at radius 1 is 1.15 bits per heavy atom. The van der Waals surface area contributed by atoms with Crippen molar-refractivity contribution in [2.45, 2.75) is 20.3 Å². The molecule has 0 unspecified atom stereocenters. The minimum absolute atomic E-state index is 0.0534. The number of fused-ring (bicyclic) bond motifs is 1. The van der Waals surface area contributed by atoms with Gasteiger partial charge in [-0.3, -0.25) is 4.99 Å². The largest absolute Gasteiger partial charge is 0.361 e. The zero-order chi connectivity index (χ0) is 19.0. The predicted octanol–water partition coefficient (Wildman–Crippen LogP) is 1.55. The van der Waals surface area contributed by atoms with Gasteiger partial charge in [-0.15, -0.1) is 0 Å². The zero-order valence-corrected chi connectivity index (χ0v) is 16.6. The smallest absolute Gasteiger partial charge is 0.215 e. The van der Waals surface area contributed by atoms with E-state index < -0.39 is 10.0 Å². The van der Waals surface area contributed by atoms with E-state index in [9.17, 15) is 8.42 Å². The lowest BCUT2D eigenvalue weighted by Crippen LogP contribution is -2.42. The first kappa shape index (κ1) is 20.3. The van der Waals surface area contributed by atoms with Crippen LogP contribution in [0.15, 0.2) is 35.5 Å². The van der Waals surface area contributed by atoms with Gasteiger partial charge < -0.3 is 15.6 Å². The summed E-state index contributed by atoms with van der Waals surface area (Å²) in [4.78, 5) is 7.42. The lowest BCUT2D eigenvalue weighted by molar-refractivity contribution is 0.445. The number of aliphatic imine (C=N–C) groups is 1. The molecule has 144 valence electrons. The van der Waals surface area contributed by atoms with E-state index in [0.717, 1.165) is 11.9 Å². The molecule has 0 aliphatic carbocycles. The highest BCUT2D eigenvalue weighted by molar-refractivity contribution is 7.89. The molecule has 0 aliphatic heterocycles.